The van der Waals surface area contributed by atoms with Gasteiger partial charge < -0.3 is 15.0 Å². The largest absolute Gasteiger partial charge is 0.465 e. The fraction of sp³-hybridized carbons (Fsp3) is 0.364. The number of aromatic nitrogens is 3. The zero-order valence-corrected chi connectivity index (χ0v) is 9.78. The van der Waals surface area contributed by atoms with Gasteiger partial charge in [0.2, 0.25) is 0 Å². The van der Waals surface area contributed by atoms with Gasteiger partial charge in [-0.2, -0.15) is 0 Å². The van der Waals surface area contributed by atoms with Crippen LogP contribution in [0.25, 0.3) is 11.2 Å². The van der Waals surface area contributed by atoms with Gasteiger partial charge >= 0.3 is 11.8 Å². The van der Waals surface area contributed by atoms with Crippen LogP contribution in [0.15, 0.2) is 23.1 Å². The van der Waals surface area contributed by atoms with Crippen LogP contribution in [0, 0.1) is 0 Å². The third-order valence-corrected chi connectivity index (χ3v) is 3.30. The summed E-state index contributed by atoms with van der Waals surface area (Å²) in [5, 5.41) is 8.88. The zero-order valence-electron chi connectivity index (χ0n) is 9.78. The lowest BCUT2D eigenvalue weighted by molar-refractivity contribution is 0.152. The number of carbonyl (C=O) groups is 1. The van der Waals surface area contributed by atoms with E-state index in [-0.39, 0.29) is 13.1 Å². The number of carboxylic acid groups (broad SMARTS) is 1. The van der Waals surface area contributed by atoms with Crippen molar-refractivity contribution in [1.82, 2.24) is 19.4 Å². The summed E-state index contributed by atoms with van der Waals surface area (Å²) in [6.07, 6.45) is -1.11. The molecule has 1 fully saturated rings. The number of H-pyrrole nitrogens is 1. The second-order valence-corrected chi connectivity index (χ2v) is 4.45. The second-order valence-electron chi connectivity index (χ2n) is 4.45. The lowest BCUT2D eigenvalue weighted by Gasteiger charge is -2.13. The van der Waals surface area contributed by atoms with E-state index >= 15 is 0 Å². The highest BCUT2D eigenvalue weighted by Gasteiger charge is 2.38. The quantitative estimate of drug-likeness (QED) is 0.790. The van der Waals surface area contributed by atoms with Crippen molar-refractivity contribution in [1.29, 1.82) is 0 Å². The summed E-state index contributed by atoms with van der Waals surface area (Å²) in [4.78, 5) is 30.3. The number of pyridine rings is 1. The highest BCUT2D eigenvalue weighted by molar-refractivity contribution is 5.70. The van der Waals surface area contributed by atoms with Gasteiger partial charge in [-0.1, -0.05) is 0 Å². The van der Waals surface area contributed by atoms with Crippen LogP contribution in [0.1, 0.15) is 6.04 Å². The molecular weight excluding hydrogens is 255 g/mol. The molecule has 2 aromatic heterocycles. The first-order valence-electron chi connectivity index (χ1n) is 5.75. The van der Waals surface area contributed by atoms with Gasteiger partial charge in [0.1, 0.15) is 6.17 Å². The summed E-state index contributed by atoms with van der Waals surface area (Å²) in [6.45, 7) is -0.286. The summed E-state index contributed by atoms with van der Waals surface area (Å²) in [5.74, 6) is 0. The molecule has 2 aromatic rings. The first-order valence-corrected chi connectivity index (χ1v) is 5.75. The van der Waals surface area contributed by atoms with Gasteiger partial charge in [0.15, 0.2) is 5.65 Å². The van der Waals surface area contributed by atoms with Gasteiger partial charge in [-0.3, -0.25) is 4.57 Å². The Bertz CT molecular complexity index is 695. The molecule has 1 amide bonds. The van der Waals surface area contributed by atoms with E-state index in [0.29, 0.717) is 11.2 Å². The number of imidazole rings is 1. The Kier molecular flexibility index (Phi) is 2.51. The lowest BCUT2D eigenvalue weighted by Crippen LogP contribution is -2.30. The van der Waals surface area contributed by atoms with E-state index in [9.17, 15) is 14.0 Å². The number of hydrogen-bond donors (Lipinski definition) is 2. The predicted octanol–water partition coefficient (Wildman–Crippen LogP) is 0.597. The van der Waals surface area contributed by atoms with Gasteiger partial charge in [-0.25, -0.2) is 19.0 Å². The van der Waals surface area contributed by atoms with Crippen molar-refractivity contribution in [3.05, 3.63) is 28.8 Å². The molecule has 2 N–H and O–H groups in total. The topological polar surface area (TPSA) is 91.2 Å². The molecule has 3 heterocycles. The number of rotatable bonds is 1. The van der Waals surface area contributed by atoms with Crippen LogP contribution in [0.3, 0.4) is 0 Å². The minimum Gasteiger partial charge on any atom is -0.465 e. The number of nitrogens with zero attached hydrogens (tertiary/aromatic N) is 3. The predicted molar refractivity (Wildman–Crippen MR) is 63.9 cm³/mol. The fourth-order valence-electron chi connectivity index (χ4n) is 2.41. The molecule has 0 spiro atoms. The molecular formula is C11H11FN4O3. The molecule has 1 aliphatic heterocycles. The van der Waals surface area contributed by atoms with Crippen LogP contribution in [-0.2, 0) is 0 Å². The SMILES string of the molecule is O=C(O)N1C[C@@H](F)[C@H](n2c(=O)[nH]c3cccnc32)C1. The summed E-state index contributed by atoms with van der Waals surface area (Å²) in [5.41, 5.74) is 0.370. The third kappa shape index (κ3) is 1.76. The van der Waals surface area contributed by atoms with Crippen molar-refractivity contribution in [2.45, 2.75) is 12.2 Å². The highest BCUT2D eigenvalue weighted by Crippen LogP contribution is 2.26. The first-order chi connectivity index (χ1) is 9.08. The van der Waals surface area contributed by atoms with E-state index in [1.54, 1.807) is 12.1 Å². The van der Waals surface area contributed by atoms with Crippen molar-refractivity contribution in [2.24, 2.45) is 0 Å². The van der Waals surface area contributed by atoms with E-state index in [1.807, 2.05) is 0 Å². The normalized spacial score (nSPS) is 23.1. The van der Waals surface area contributed by atoms with Crippen LogP contribution < -0.4 is 5.69 Å². The van der Waals surface area contributed by atoms with E-state index in [4.69, 9.17) is 5.11 Å². The van der Waals surface area contributed by atoms with Crippen molar-refractivity contribution in [3.8, 4) is 0 Å². The van der Waals surface area contributed by atoms with Gasteiger partial charge in [-0.05, 0) is 12.1 Å². The molecule has 7 nitrogen and oxygen atoms in total. The van der Waals surface area contributed by atoms with E-state index < -0.39 is 24.0 Å². The average Bonchev–Trinajstić information content (AvgIpc) is 2.88. The van der Waals surface area contributed by atoms with Gasteiger partial charge in [-0.15, -0.1) is 0 Å². The van der Waals surface area contributed by atoms with Crippen molar-refractivity contribution in [3.63, 3.8) is 0 Å². The maximum Gasteiger partial charge on any atom is 0.407 e. The Labute approximate surface area is 106 Å². The van der Waals surface area contributed by atoms with Crippen LogP contribution >= 0.6 is 0 Å². The average molecular weight is 266 g/mol. The number of likely N-dealkylation sites (tertiary alicyclic amines) is 1. The Morgan fingerprint density at radius 1 is 1.53 bits per heavy atom. The molecule has 100 valence electrons. The molecule has 2 atom stereocenters. The summed E-state index contributed by atoms with van der Waals surface area (Å²) < 4.78 is 15.2. The molecule has 0 aromatic carbocycles. The van der Waals surface area contributed by atoms with Crippen LogP contribution in [-0.4, -0.2) is 49.9 Å². The Balaban J connectivity index is 2.08. The third-order valence-electron chi connectivity index (χ3n) is 3.30. The first kappa shape index (κ1) is 11.7. The van der Waals surface area contributed by atoms with Gasteiger partial charge in [0.05, 0.1) is 18.1 Å². The highest BCUT2D eigenvalue weighted by atomic mass is 19.1. The van der Waals surface area contributed by atoms with Crippen molar-refractivity contribution < 1.29 is 14.3 Å². The molecule has 1 aliphatic rings. The number of hydrogen-bond acceptors (Lipinski definition) is 3. The standard InChI is InChI=1S/C11H11FN4O3/c12-6-4-15(11(18)19)5-8(6)16-9-7(14-10(16)17)2-1-3-13-9/h1-3,6,8H,4-5H2,(H,14,17)(H,18,19)/t6-,8-/m1/s1. The molecule has 0 radical (unpaired) electrons. The number of alkyl halides is 1. The van der Waals surface area contributed by atoms with Crippen molar-refractivity contribution >= 4 is 17.3 Å². The molecule has 19 heavy (non-hydrogen) atoms. The second kappa shape index (κ2) is 4.08. The summed E-state index contributed by atoms with van der Waals surface area (Å²) >= 11 is 0. The monoisotopic (exact) mass is 266 g/mol. The zero-order chi connectivity index (χ0) is 13.6. The lowest BCUT2D eigenvalue weighted by atomic mass is 10.2. The molecule has 3 rings (SSSR count). The van der Waals surface area contributed by atoms with E-state index in [2.05, 4.69) is 9.97 Å². The summed E-state index contributed by atoms with van der Waals surface area (Å²) in [7, 11) is 0. The van der Waals surface area contributed by atoms with E-state index in [1.165, 1.54) is 10.8 Å². The Morgan fingerprint density at radius 3 is 3.00 bits per heavy atom. The molecule has 0 aliphatic carbocycles. The molecule has 0 saturated carbocycles. The van der Waals surface area contributed by atoms with Gasteiger partial charge in [0, 0.05) is 12.7 Å². The number of fused-ring (bicyclic) bond motifs is 1. The molecule has 0 unspecified atom stereocenters. The Hall–Kier alpha value is -2.38. The number of aromatic amines is 1. The van der Waals surface area contributed by atoms with Crippen LogP contribution in [0.5, 0.6) is 0 Å². The minimum absolute atomic E-state index is 0.0556. The van der Waals surface area contributed by atoms with Gasteiger partial charge in [0.25, 0.3) is 0 Å². The molecule has 8 heteroatoms. The fourth-order valence-corrected chi connectivity index (χ4v) is 2.41. The van der Waals surface area contributed by atoms with Crippen LogP contribution in [0.2, 0.25) is 0 Å². The van der Waals surface area contributed by atoms with E-state index in [0.717, 1.165) is 4.90 Å². The molecule has 1 saturated heterocycles. The number of halogens is 1. The summed E-state index contributed by atoms with van der Waals surface area (Å²) in [6, 6.07) is 2.48. The smallest absolute Gasteiger partial charge is 0.407 e. The Morgan fingerprint density at radius 2 is 2.32 bits per heavy atom. The number of nitrogens with one attached hydrogen (secondary N) is 1. The molecule has 0 bridgehead atoms. The van der Waals surface area contributed by atoms with Crippen LogP contribution in [0.4, 0.5) is 9.18 Å². The number of amides is 1. The minimum atomic E-state index is -1.42. The maximum absolute atomic E-state index is 14.0. The maximum atomic E-state index is 14.0. The van der Waals surface area contributed by atoms with Crippen molar-refractivity contribution in [2.75, 3.05) is 13.1 Å².